The summed E-state index contributed by atoms with van der Waals surface area (Å²) in [5.41, 5.74) is 0. The smallest absolute Gasteiger partial charge is 0.302 e. The van der Waals surface area contributed by atoms with E-state index in [0.717, 1.165) is 6.08 Å². The van der Waals surface area contributed by atoms with Crippen LogP contribution in [-0.2, 0) is 53.5 Å². The van der Waals surface area contributed by atoms with Crippen LogP contribution in [0.3, 0.4) is 0 Å². The van der Waals surface area contributed by atoms with Crippen molar-refractivity contribution < 1.29 is 87.7 Å². The van der Waals surface area contributed by atoms with Crippen LogP contribution in [0.4, 0.5) is 0 Å². The lowest BCUT2D eigenvalue weighted by molar-refractivity contribution is 0.175. The molecule has 0 aromatic rings. The van der Waals surface area contributed by atoms with E-state index in [9.17, 15) is 27.4 Å². The quantitative estimate of drug-likeness (QED) is 0.126. The molecule has 0 fully saturated rings. The molecule has 19 nitrogen and oxygen atoms in total. The van der Waals surface area contributed by atoms with Crippen LogP contribution in [0.1, 0.15) is 0 Å². The Balaban J connectivity index is 5.23. The molecule has 28 heavy (non-hydrogen) atoms. The Hall–Kier alpha value is 0.600. The lowest BCUT2D eigenvalue weighted by Gasteiger charge is -2.20. The van der Waals surface area contributed by atoms with Crippen molar-refractivity contribution >= 4 is 46.9 Å². The van der Waals surface area contributed by atoms with Gasteiger partial charge in [0.25, 0.3) is 0 Å². The molecule has 5 atom stereocenters. The Kier molecular flexibility index (Phi) is 10.0. The molecule has 0 saturated carbocycles. The van der Waals surface area contributed by atoms with E-state index >= 15 is 0 Å². The number of hydrogen-bond acceptors (Lipinski definition) is 12. The van der Waals surface area contributed by atoms with Crippen molar-refractivity contribution in [2.24, 2.45) is 0 Å². The van der Waals surface area contributed by atoms with Crippen molar-refractivity contribution in [3.63, 3.8) is 0 Å². The Morgan fingerprint density at radius 1 is 0.571 bits per heavy atom. The fourth-order valence-corrected chi connectivity index (χ4v) is 8.17. The van der Waals surface area contributed by atoms with Crippen molar-refractivity contribution in [3.8, 4) is 0 Å². The van der Waals surface area contributed by atoms with Crippen LogP contribution in [0.5, 0.6) is 0 Å². The molecule has 0 heterocycles. The molecule has 25 heteroatoms. The van der Waals surface area contributed by atoms with Gasteiger partial charge < -0.3 is 34.3 Å². The molecule has 5 unspecified atom stereocenters. The van der Waals surface area contributed by atoms with Gasteiger partial charge in [-0.2, -0.15) is 21.6 Å². The lowest BCUT2D eigenvalue weighted by atomic mass is 10.7. The SMILES string of the molecule is C=CCOP(=O)(O)OP(=O)(O)OP(=O)(O)OP(=O)(O)OP(=O)(O)OP(=O)(O)O. The summed E-state index contributed by atoms with van der Waals surface area (Å²) in [5, 5.41) is 0. The van der Waals surface area contributed by atoms with Crippen LogP contribution >= 0.6 is 46.9 Å². The molecule has 168 valence electrons. The molecule has 0 aliphatic carbocycles. The molecule has 0 spiro atoms. The Morgan fingerprint density at radius 3 is 1.14 bits per heavy atom. The third-order valence-electron chi connectivity index (χ3n) is 1.39. The van der Waals surface area contributed by atoms with Crippen LogP contribution in [-0.4, -0.2) is 40.9 Å². The summed E-state index contributed by atoms with van der Waals surface area (Å²) in [4.78, 5) is 61.6. The van der Waals surface area contributed by atoms with Crippen molar-refractivity contribution in [1.29, 1.82) is 0 Å². The summed E-state index contributed by atoms with van der Waals surface area (Å²) < 4.78 is 87.3. The average molecular weight is 538 g/mol. The Bertz CT molecular complexity index is 848. The van der Waals surface area contributed by atoms with Crippen molar-refractivity contribution in [2.45, 2.75) is 0 Å². The Morgan fingerprint density at radius 2 is 0.857 bits per heavy atom. The topological polar surface area (TPSA) is 299 Å². The highest BCUT2D eigenvalue weighted by Gasteiger charge is 2.49. The Labute approximate surface area is 154 Å². The molecule has 0 aliphatic rings. The van der Waals surface area contributed by atoms with Gasteiger partial charge >= 0.3 is 46.9 Å². The lowest BCUT2D eigenvalue weighted by Crippen LogP contribution is -1.99. The number of phosphoric ester groups is 1. The minimum absolute atomic E-state index is 0.702. The third kappa shape index (κ3) is 13.8. The number of hydrogen-bond donors (Lipinski definition) is 7. The van der Waals surface area contributed by atoms with Gasteiger partial charge in [-0.15, -0.1) is 6.58 Å². The molecule has 0 saturated heterocycles. The first-order valence-corrected chi connectivity index (χ1v) is 14.6. The van der Waals surface area contributed by atoms with Crippen LogP contribution < -0.4 is 0 Å². The van der Waals surface area contributed by atoms with Crippen LogP contribution in [0.25, 0.3) is 0 Å². The first kappa shape index (κ1) is 28.6. The predicted molar refractivity (Wildman–Crippen MR) is 82.7 cm³/mol. The van der Waals surface area contributed by atoms with Crippen LogP contribution in [0.2, 0.25) is 0 Å². The van der Waals surface area contributed by atoms with Gasteiger partial charge in [0, 0.05) is 0 Å². The first-order valence-electron chi connectivity index (χ1n) is 5.61. The van der Waals surface area contributed by atoms with E-state index in [-0.39, 0.29) is 0 Å². The van der Waals surface area contributed by atoms with Gasteiger partial charge in [0.15, 0.2) is 0 Å². The van der Waals surface area contributed by atoms with E-state index < -0.39 is 53.5 Å². The molecule has 0 aliphatic heterocycles. The fourth-order valence-electron chi connectivity index (χ4n) is 0.886. The molecular formula is C3H12O19P6. The molecule has 0 rings (SSSR count). The second-order valence-corrected chi connectivity index (χ2v) is 13.0. The molecule has 0 aromatic carbocycles. The van der Waals surface area contributed by atoms with Crippen molar-refractivity contribution in [2.75, 3.05) is 6.61 Å². The summed E-state index contributed by atoms with van der Waals surface area (Å²) in [7, 11) is -35.8. The fraction of sp³-hybridized carbons (Fsp3) is 0.333. The highest BCUT2D eigenvalue weighted by atomic mass is 31.3. The second-order valence-electron chi connectivity index (χ2n) is 3.83. The summed E-state index contributed by atoms with van der Waals surface area (Å²) in [5.74, 6) is 0. The maximum atomic E-state index is 11.4. The summed E-state index contributed by atoms with van der Waals surface area (Å²) in [6, 6.07) is 0. The van der Waals surface area contributed by atoms with E-state index in [1.165, 1.54) is 0 Å². The largest absolute Gasteiger partial charge is 0.490 e. The van der Waals surface area contributed by atoms with E-state index in [4.69, 9.17) is 34.3 Å². The van der Waals surface area contributed by atoms with Gasteiger partial charge in [-0.3, -0.25) is 4.52 Å². The van der Waals surface area contributed by atoms with E-state index in [1.807, 2.05) is 0 Å². The van der Waals surface area contributed by atoms with Crippen LogP contribution in [0.15, 0.2) is 12.7 Å². The number of rotatable bonds is 13. The predicted octanol–water partition coefficient (Wildman–Crippen LogP) is 0.867. The second kappa shape index (κ2) is 9.82. The van der Waals surface area contributed by atoms with Gasteiger partial charge in [-0.25, -0.2) is 27.4 Å². The maximum absolute atomic E-state index is 11.4. The van der Waals surface area contributed by atoms with Crippen molar-refractivity contribution in [3.05, 3.63) is 12.7 Å². The molecule has 0 bridgehead atoms. The zero-order valence-electron chi connectivity index (χ0n) is 12.7. The first-order chi connectivity index (χ1) is 12.1. The van der Waals surface area contributed by atoms with Gasteiger partial charge in [-0.1, -0.05) is 6.08 Å². The van der Waals surface area contributed by atoms with Gasteiger partial charge in [0.1, 0.15) is 0 Å². The summed E-state index contributed by atoms with van der Waals surface area (Å²) in [6.07, 6.45) is 0.891. The minimum Gasteiger partial charge on any atom is -0.302 e. The summed E-state index contributed by atoms with van der Waals surface area (Å²) >= 11 is 0. The van der Waals surface area contributed by atoms with E-state index in [1.54, 1.807) is 0 Å². The standard InChI is InChI=1S/C3H12O19P6/c1-2-3-17-24(7,8)19-26(11,12)21-28(15,16)22-27(13,14)20-25(9,10)18-23(4,5)6/h2H,1,3H2,(H,7,8)(H,9,10)(H,11,12)(H,13,14)(H,15,16)(H2,4,5,6). The normalized spacial score (nSPS) is 23.4. The molecule has 0 aromatic heterocycles. The van der Waals surface area contributed by atoms with E-state index in [2.05, 4.69) is 32.7 Å². The molecular weight excluding hydrogens is 526 g/mol. The third-order valence-corrected chi connectivity index (χ3v) is 10.1. The zero-order chi connectivity index (χ0) is 22.7. The minimum atomic E-state index is -6.26. The highest BCUT2D eigenvalue weighted by molar-refractivity contribution is 7.72. The molecule has 7 N–H and O–H groups in total. The van der Waals surface area contributed by atoms with Gasteiger partial charge in [0.05, 0.1) is 6.61 Å². The van der Waals surface area contributed by atoms with Crippen molar-refractivity contribution in [1.82, 2.24) is 0 Å². The molecule has 0 radical (unpaired) electrons. The van der Waals surface area contributed by atoms with Gasteiger partial charge in [-0.05, 0) is 0 Å². The monoisotopic (exact) mass is 538 g/mol. The maximum Gasteiger partial charge on any atom is 0.490 e. The van der Waals surface area contributed by atoms with Gasteiger partial charge in [0.2, 0.25) is 0 Å². The average Bonchev–Trinajstić information content (AvgIpc) is 2.26. The van der Waals surface area contributed by atoms with E-state index in [0.29, 0.717) is 0 Å². The zero-order valence-corrected chi connectivity index (χ0v) is 18.1. The number of phosphoric acid groups is 6. The summed E-state index contributed by atoms with van der Waals surface area (Å²) in [6.45, 7) is 2.35. The molecule has 0 amide bonds. The van der Waals surface area contributed by atoms with Crippen LogP contribution in [0, 0.1) is 0 Å². The highest BCUT2D eigenvalue weighted by Crippen LogP contribution is 2.74.